The molecule has 1 heterocycles. The summed E-state index contributed by atoms with van der Waals surface area (Å²) < 4.78 is 0. The van der Waals surface area contributed by atoms with Crippen molar-refractivity contribution in [2.75, 3.05) is 24.6 Å². The summed E-state index contributed by atoms with van der Waals surface area (Å²) in [6, 6.07) is 2.09. The first-order valence-corrected chi connectivity index (χ1v) is 7.83. The van der Waals surface area contributed by atoms with E-state index < -0.39 is 0 Å². The molecule has 1 saturated heterocycles. The van der Waals surface area contributed by atoms with Crippen LogP contribution in [0, 0.1) is 0 Å². The van der Waals surface area contributed by atoms with Crippen molar-refractivity contribution >= 4 is 11.8 Å². The van der Waals surface area contributed by atoms with Crippen LogP contribution in [0.25, 0.3) is 0 Å². The van der Waals surface area contributed by atoms with Gasteiger partial charge in [0.25, 0.3) is 0 Å². The zero-order valence-electron chi connectivity index (χ0n) is 11.3. The topological polar surface area (TPSA) is 15.3 Å². The largest absolute Gasteiger partial charge is 0.313 e. The van der Waals surface area contributed by atoms with Crippen molar-refractivity contribution in [1.82, 2.24) is 10.2 Å². The second-order valence-electron chi connectivity index (χ2n) is 5.27. The van der Waals surface area contributed by atoms with E-state index in [9.17, 15) is 0 Å². The summed E-state index contributed by atoms with van der Waals surface area (Å²) in [5, 5.41) is 3.71. The molecule has 0 aromatic carbocycles. The molecular weight excluding hydrogens is 216 g/mol. The van der Waals surface area contributed by atoms with Crippen molar-refractivity contribution in [3.05, 3.63) is 0 Å². The highest BCUT2D eigenvalue weighted by atomic mass is 32.2. The van der Waals surface area contributed by atoms with Gasteiger partial charge in [-0.05, 0) is 52.0 Å². The molecule has 0 aliphatic carbocycles. The van der Waals surface area contributed by atoms with Gasteiger partial charge < -0.3 is 5.32 Å². The lowest BCUT2D eigenvalue weighted by atomic mass is 10.1. The molecule has 0 spiro atoms. The lowest BCUT2D eigenvalue weighted by Crippen LogP contribution is -2.44. The molecule has 3 heteroatoms. The fourth-order valence-corrected chi connectivity index (χ4v) is 3.52. The Balaban J connectivity index is 2.16. The summed E-state index contributed by atoms with van der Waals surface area (Å²) in [5.74, 6) is 2.69. The summed E-state index contributed by atoms with van der Waals surface area (Å²) in [4.78, 5) is 2.56. The van der Waals surface area contributed by atoms with E-state index in [1.807, 2.05) is 0 Å². The van der Waals surface area contributed by atoms with E-state index in [1.165, 1.54) is 30.9 Å². The lowest BCUT2D eigenvalue weighted by Gasteiger charge is -2.31. The Morgan fingerprint density at radius 1 is 1.12 bits per heavy atom. The van der Waals surface area contributed by atoms with Gasteiger partial charge in [0.2, 0.25) is 0 Å². The van der Waals surface area contributed by atoms with Crippen LogP contribution < -0.4 is 5.32 Å². The number of rotatable bonds is 6. The van der Waals surface area contributed by atoms with Gasteiger partial charge in [0.1, 0.15) is 0 Å². The number of nitrogens with zero attached hydrogens (tertiary/aromatic N) is 1. The van der Waals surface area contributed by atoms with Gasteiger partial charge in [-0.2, -0.15) is 11.8 Å². The summed E-state index contributed by atoms with van der Waals surface area (Å²) in [7, 11) is 0. The molecule has 1 N–H and O–H groups in total. The van der Waals surface area contributed by atoms with E-state index in [0.29, 0.717) is 12.1 Å². The Bertz CT molecular complexity index is 169. The first kappa shape index (κ1) is 14.3. The van der Waals surface area contributed by atoms with E-state index >= 15 is 0 Å². The SMILES string of the molecule is CC(C)N(CCNC1CCSCC1)C(C)C. The Morgan fingerprint density at radius 3 is 2.19 bits per heavy atom. The second-order valence-corrected chi connectivity index (χ2v) is 6.49. The third kappa shape index (κ3) is 5.07. The van der Waals surface area contributed by atoms with Gasteiger partial charge in [0.05, 0.1) is 0 Å². The molecule has 0 amide bonds. The molecule has 1 aliphatic heterocycles. The molecule has 0 radical (unpaired) electrons. The number of hydrogen-bond acceptors (Lipinski definition) is 3. The van der Waals surface area contributed by atoms with Crippen LogP contribution in [-0.4, -0.2) is 47.6 Å². The zero-order valence-corrected chi connectivity index (χ0v) is 12.1. The smallest absolute Gasteiger partial charge is 0.0112 e. The van der Waals surface area contributed by atoms with Gasteiger partial charge in [0, 0.05) is 31.2 Å². The molecule has 0 saturated carbocycles. The number of nitrogens with one attached hydrogen (secondary N) is 1. The number of hydrogen-bond donors (Lipinski definition) is 1. The molecule has 0 unspecified atom stereocenters. The van der Waals surface area contributed by atoms with Gasteiger partial charge in [-0.15, -0.1) is 0 Å². The fraction of sp³-hybridized carbons (Fsp3) is 1.00. The van der Waals surface area contributed by atoms with Crippen molar-refractivity contribution in [2.45, 2.75) is 58.7 Å². The highest BCUT2D eigenvalue weighted by Gasteiger charge is 2.15. The Labute approximate surface area is 106 Å². The molecule has 16 heavy (non-hydrogen) atoms. The Kier molecular flexibility index (Phi) is 6.78. The lowest BCUT2D eigenvalue weighted by molar-refractivity contribution is 0.173. The molecule has 1 fully saturated rings. The Hall–Kier alpha value is 0.270. The van der Waals surface area contributed by atoms with E-state index in [1.54, 1.807) is 0 Å². The molecule has 0 atom stereocenters. The van der Waals surface area contributed by atoms with Crippen LogP contribution in [0.15, 0.2) is 0 Å². The van der Waals surface area contributed by atoms with Crippen molar-refractivity contribution < 1.29 is 0 Å². The average molecular weight is 244 g/mol. The summed E-state index contributed by atoms with van der Waals surface area (Å²) in [5.41, 5.74) is 0. The minimum Gasteiger partial charge on any atom is -0.313 e. The van der Waals surface area contributed by atoms with Gasteiger partial charge in [0.15, 0.2) is 0 Å². The van der Waals surface area contributed by atoms with Crippen LogP contribution in [-0.2, 0) is 0 Å². The van der Waals surface area contributed by atoms with Gasteiger partial charge in [-0.3, -0.25) is 4.90 Å². The normalized spacial score (nSPS) is 18.9. The van der Waals surface area contributed by atoms with Crippen LogP contribution in [0.2, 0.25) is 0 Å². The summed E-state index contributed by atoms with van der Waals surface area (Å²) in [6.45, 7) is 11.5. The number of thioether (sulfide) groups is 1. The quantitative estimate of drug-likeness (QED) is 0.773. The molecule has 0 bridgehead atoms. The first-order chi connectivity index (χ1) is 7.61. The van der Waals surface area contributed by atoms with Crippen LogP contribution in [0.5, 0.6) is 0 Å². The summed E-state index contributed by atoms with van der Waals surface area (Å²) in [6.07, 6.45) is 2.71. The molecule has 1 rings (SSSR count). The highest BCUT2D eigenvalue weighted by molar-refractivity contribution is 7.99. The monoisotopic (exact) mass is 244 g/mol. The predicted molar refractivity (Wildman–Crippen MR) is 75.3 cm³/mol. The van der Waals surface area contributed by atoms with Crippen molar-refractivity contribution in [1.29, 1.82) is 0 Å². The van der Waals surface area contributed by atoms with Crippen molar-refractivity contribution in [3.63, 3.8) is 0 Å². The maximum absolute atomic E-state index is 3.71. The van der Waals surface area contributed by atoms with Gasteiger partial charge in [-0.25, -0.2) is 0 Å². The van der Waals surface area contributed by atoms with Crippen LogP contribution >= 0.6 is 11.8 Å². The zero-order chi connectivity index (χ0) is 12.0. The minimum absolute atomic E-state index is 0.656. The molecule has 96 valence electrons. The standard InChI is InChI=1S/C13H28N2S/c1-11(2)15(12(3)4)8-7-14-13-5-9-16-10-6-13/h11-14H,5-10H2,1-4H3. The molecule has 1 aliphatic rings. The van der Waals surface area contributed by atoms with Crippen molar-refractivity contribution in [2.24, 2.45) is 0 Å². The van der Waals surface area contributed by atoms with Gasteiger partial charge >= 0.3 is 0 Å². The molecule has 0 aromatic heterocycles. The van der Waals surface area contributed by atoms with Crippen molar-refractivity contribution in [3.8, 4) is 0 Å². The van der Waals surface area contributed by atoms with E-state index in [0.717, 1.165) is 12.6 Å². The molecule has 0 aromatic rings. The highest BCUT2D eigenvalue weighted by Crippen LogP contribution is 2.16. The fourth-order valence-electron chi connectivity index (χ4n) is 2.41. The van der Waals surface area contributed by atoms with Crippen LogP contribution in [0.4, 0.5) is 0 Å². The third-order valence-electron chi connectivity index (χ3n) is 3.35. The predicted octanol–water partition coefficient (Wildman–Crippen LogP) is 2.59. The van der Waals surface area contributed by atoms with E-state index in [-0.39, 0.29) is 0 Å². The minimum atomic E-state index is 0.656. The van der Waals surface area contributed by atoms with Crippen LogP contribution in [0.3, 0.4) is 0 Å². The Morgan fingerprint density at radius 2 is 1.69 bits per heavy atom. The van der Waals surface area contributed by atoms with E-state index in [4.69, 9.17) is 0 Å². The maximum atomic E-state index is 3.71. The second kappa shape index (κ2) is 7.57. The van der Waals surface area contributed by atoms with Gasteiger partial charge in [-0.1, -0.05) is 0 Å². The van der Waals surface area contributed by atoms with Crippen LogP contribution in [0.1, 0.15) is 40.5 Å². The third-order valence-corrected chi connectivity index (χ3v) is 4.40. The average Bonchev–Trinajstić information content (AvgIpc) is 2.24. The summed E-state index contributed by atoms with van der Waals surface area (Å²) >= 11 is 2.10. The molecular formula is C13H28N2S. The maximum Gasteiger partial charge on any atom is 0.0112 e. The molecule has 2 nitrogen and oxygen atoms in total. The van der Waals surface area contributed by atoms with E-state index in [2.05, 4.69) is 49.7 Å². The first-order valence-electron chi connectivity index (χ1n) is 6.68.